The van der Waals surface area contributed by atoms with E-state index in [0.29, 0.717) is 30.8 Å². The first-order chi connectivity index (χ1) is 10.7. The maximum absolute atomic E-state index is 12.7. The Labute approximate surface area is 129 Å². The number of nitriles is 1. The monoisotopic (exact) mass is 298 g/mol. The van der Waals surface area contributed by atoms with Gasteiger partial charge < -0.3 is 9.64 Å². The highest BCUT2D eigenvalue weighted by atomic mass is 16.5. The van der Waals surface area contributed by atoms with Crippen LogP contribution in [0.4, 0.5) is 5.69 Å². The number of aromatic nitrogens is 2. The number of carbonyl (C=O) groups excluding carboxylic acids is 1. The Morgan fingerprint density at radius 1 is 1.41 bits per heavy atom. The normalized spacial score (nSPS) is 10.2. The number of hydrogen-bond acceptors (Lipinski definition) is 4. The van der Waals surface area contributed by atoms with E-state index in [1.54, 1.807) is 53.4 Å². The number of aryl methyl sites for hydroxylation is 1. The molecule has 2 aromatic rings. The molecule has 0 saturated carbocycles. The van der Waals surface area contributed by atoms with E-state index in [4.69, 9.17) is 10.00 Å². The van der Waals surface area contributed by atoms with E-state index < -0.39 is 0 Å². The minimum Gasteiger partial charge on any atom is -0.383 e. The molecule has 1 aromatic carbocycles. The first kappa shape index (κ1) is 15.7. The third-order valence-electron chi connectivity index (χ3n) is 3.28. The Bertz CT molecular complexity index is 670. The Morgan fingerprint density at radius 3 is 2.68 bits per heavy atom. The summed E-state index contributed by atoms with van der Waals surface area (Å²) in [6, 6.07) is 8.97. The zero-order valence-electron chi connectivity index (χ0n) is 12.7. The Hall–Kier alpha value is -2.65. The highest BCUT2D eigenvalue weighted by Gasteiger charge is 2.19. The fourth-order valence-electron chi connectivity index (χ4n) is 2.05. The summed E-state index contributed by atoms with van der Waals surface area (Å²) in [5.41, 5.74) is 1.81. The molecule has 0 aliphatic heterocycles. The summed E-state index contributed by atoms with van der Waals surface area (Å²) in [4.78, 5) is 14.3. The summed E-state index contributed by atoms with van der Waals surface area (Å²) in [5.74, 6) is -0.138. The van der Waals surface area contributed by atoms with Crippen molar-refractivity contribution in [2.45, 2.75) is 13.5 Å². The van der Waals surface area contributed by atoms with Gasteiger partial charge in [0.05, 0.1) is 30.0 Å². The topological polar surface area (TPSA) is 71.2 Å². The number of methoxy groups -OCH3 is 1. The van der Waals surface area contributed by atoms with E-state index >= 15 is 0 Å². The molecule has 2 rings (SSSR count). The van der Waals surface area contributed by atoms with Crippen molar-refractivity contribution in [2.24, 2.45) is 0 Å². The predicted molar refractivity (Wildman–Crippen MR) is 82.6 cm³/mol. The van der Waals surface area contributed by atoms with Crippen LogP contribution in [-0.2, 0) is 11.3 Å². The van der Waals surface area contributed by atoms with Gasteiger partial charge in [-0.3, -0.25) is 9.48 Å². The number of anilines is 1. The summed E-state index contributed by atoms with van der Waals surface area (Å²) < 4.78 is 6.79. The number of carbonyl (C=O) groups is 1. The Kier molecular flexibility index (Phi) is 5.28. The first-order valence-corrected chi connectivity index (χ1v) is 7.03. The van der Waals surface area contributed by atoms with Gasteiger partial charge in [0.25, 0.3) is 5.91 Å². The van der Waals surface area contributed by atoms with Gasteiger partial charge in [-0.05, 0) is 31.2 Å². The van der Waals surface area contributed by atoms with Crippen LogP contribution in [0.1, 0.15) is 22.8 Å². The average molecular weight is 298 g/mol. The molecule has 0 N–H and O–H groups in total. The molecule has 0 unspecified atom stereocenters. The molecule has 0 saturated heterocycles. The maximum Gasteiger partial charge on any atom is 0.261 e. The molecule has 0 fully saturated rings. The number of nitrogens with zero attached hydrogens (tertiary/aromatic N) is 4. The third kappa shape index (κ3) is 3.51. The van der Waals surface area contributed by atoms with Crippen molar-refractivity contribution in [2.75, 3.05) is 25.2 Å². The van der Waals surface area contributed by atoms with Crippen LogP contribution in [0, 0.1) is 11.3 Å². The molecule has 1 amide bonds. The van der Waals surface area contributed by atoms with E-state index in [1.807, 2.05) is 6.92 Å². The van der Waals surface area contributed by atoms with Gasteiger partial charge in [0, 0.05) is 32.1 Å². The fourth-order valence-corrected chi connectivity index (χ4v) is 2.05. The van der Waals surface area contributed by atoms with E-state index in [2.05, 4.69) is 11.2 Å². The average Bonchev–Trinajstić information content (AvgIpc) is 3.04. The molecule has 0 bridgehead atoms. The molecule has 0 spiro atoms. The second kappa shape index (κ2) is 7.38. The molecule has 1 aromatic heterocycles. The van der Waals surface area contributed by atoms with Crippen LogP contribution in [0.3, 0.4) is 0 Å². The summed E-state index contributed by atoms with van der Waals surface area (Å²) in [6.45, 7) is 3.53. The van der Waals surface area contributed by atoms with Crippen LogP contribution in [0.5, 0.6) is 0 Å². The zero-order chi connectivity index (χ0) is 15.9. The molecule has 0 aliphatic carbocycles. The SMILES string of the molecule is CCn1cc(C(=O)N(CCOC)c2ccc(C#N)cc2)cn1. The molecule has 6 heteroatoms. The van der Waals surface area contributed by atoms with Crippen molar-refractivity contribution in [3.05, 3.63) is 47.8 Å². The van der Waals surface area contributed by atoms with Gasteiger partial charge in [0.2, 0.25) is 0 Å². The Morgan fingerprint density at radius 2 is 2.14 bits per heavy atom. The fraction of sp³-hybridized carbons (Fsp3) is 0.312. The minimum absolute atomic E-state index is 0.138. The summed E-state index contributed by atoms with van der Waals surface area (Å²) in [7, 11) is 1.59. The molecule has 0 aliphatic rings. The van der Waals surface area contributed by atoms with Gasteiger partial charge in [-0.2, -0.15) is 10.4 Å². The van der Waals surface area contributed by atoms with Crippen LogP contribution in [0.15, 0.2) is 36.7 Å². The van der Waals surface area contributed by atoms with Crippen molar-refractivity contribution in [1.29, 1.82) is 5.26 Å². The van der Waals surface area contributed by atoms with Crippen LogP contribution < -0.4 is 4.90 Å². The van der Waals surface area contributed by atoms with E-state index in [0.717, 1.165) is 5.69 Å². The van der Waals surface area contributed by atoms with Crippen molar-refractivity contribution in [1.82, 2.24) is 9.78 Å². The maximum atomic E-state index is 12.7. The second-order valence-electron chi connectivity index (χ2n) is 4.69. The predicted octanol–water partition coefficient (Wildman–Crippen LogP) is 2.07. The van der Waals surface area contributed by atoms with Crippen molar-refractivity contribution in [3.8, 4) is 6.07 Å². The summed E-state index contributed by atoms with van der Waals surface area (Å²) in [6.07, 6.45) is 3.29. The van der Waals surface area contributed by atoms with Gasteiger partial charge in [-0.15, -0.1) is 0 Å². The summed E-state index contributed by atoms with van der Waals surface area (Å²) in [5, 5.41) is 13.0. The van der Waals surface area contributed by atoms with Gasteiger partial charge in [-0.1, -0.05) is 0 Å². The molecule has 114 valence electrons. The van der Waals surface area contributed by atoms with Crippen molar-refractivity contribution < 1.29 is 9.53 Å². The highest BCUT2D eigenvalue weighted by Crippen LogP contribution is 2.18. The van der Waals surface area contributed by atoms with Gasteiger partial charge in [0.1, 0.15) is 0 Å². The number of ether oxygens (including phenoxy) is 1. The zero-order valence-corrected chi connectivity index (χ0v) is 12.7. The second-order valence-corrected chi connectivity index (χ2v) is 4.69. The highest BCUT2D eigenvalue weighted by molar-refractivity contribution is 6.05. The smallest absolute Gasteiger partial charge is 0.261 e. The van der Waals surface area contributed by atoms with Crippen LogP contribution in [0.2, 0.25) is 0 Å². The number of benzene rings is 1. The van der Waals surface area contributed by atoms with E-state index in [1.165, 1.54) is 0 Å². The number of amides is 1. The molecule has 0 radical (unpaired) electrons. The van der Waals surface area contributed by atoms with Crippen LogP contribution in [0.25, 0.3) is 0 Å². The lowest BCUT2D eigenvalue weighted by Crippen LogP contribution is -2.33. The lowest BCUT2D eigenvalue weighted by Gasteiger charge is -2.22. The molecule has 0 atom stereocenters. The lowest BCUT2D eigenvalue weighted by atomic mass is 10.2. The van der Waals surface area contributed by atoms with E-state index in [-0.39, 0.29) is 5.91 Å². The number of hydrogen-bond donors (Lipinski definition) is 0. The molecule has 1 heterocycles. The van der Waals surface area contributed by atoms with Gasteiger partial charge in [-0.25, -0.2) is 0 Å². The first-order valence-electron chi connectivity index (χ1n) is 7.03. The molecule has 6 nitrogen and oxygen atoms in total. The van der Waals surface area contributed by atoms with Gasteiger partial charge >= 0.3 is 0 Å². The molecular weight excluding hydrogens is 280 g/mol. The van der Waals surface area contributed by atoms with Gasteiger partial charge in [0.15, 0.2) is 0 Å². The Balaban J connectivity index is 2.27. The largest absolute Gasteiger partial charge is 0.383 e. The lowest BCUT2D eigenvalue weighted by molar-refractivity contribution is 0.0976. The molecular formula is C16H18N4O2. The van der Waals surface area contributed by atoms with Crippen LogP contribution >= 0.6 is 0 Å². The quantitative estimate of drug-likeness (QED) is 0.818. The van der Waals surface area contributed by atoms with Crippen molar-refractivity contribution >= 4 is 11.6 Å². The van der Waals surface area contributed by atoms with Crippen molar-refractivity contribution in [3.63, 3.8) is 0 Å². The van der Waals surface area contributed by atoms with E-state index in [9.17, 15) is 4.79 Å². The molecule has 22 heavy (non-hydrogen) atoms. The third-order valence-corrected chi connectivity index (χ3v) is 3.28. The standard InChI is InChI=1S/C16H18N4O2/c1-3-19-12-14(11-18-19)16(21)20(8-9-22-2)15-6-4-13(10-17)5-7-15/h4-7,11-12H,3,8-9H2,1-2H3. The number of rotatable bonds is 6. The minimum atomic E-state index is -0.138. The summed E-state index contributed by atoms with van der Waals surface area (Å²) >= 11 is 0. The van der Waals surface area contributed by atoms with Crippen LogP contribution in [-0.4, -0.2) is 35.9 Å².